The highest BCUT2D eigenvalue weighted by molar-refractivity contribution is 7.13. The van der Waals surface area contributed by atoms with E-state index in [0.29, 0.717) is 5.69 Å². The van der Waals surface area contributed by atoms with Gasteiger partial charge in [-0.05, 0) is 38.8 Å². The van der Waals surface area contributed by atoms with Crippen LogP contribution in [0.1, 0.15) is 32.7 Å². The van der Waals surface area contributed by atoms with Crippen LogP contribution in [0.4, 0.5) is 5.69 Å². The van der Waals surface area contributed by atoms with E-state index in [9.17, 15) is 9.59 Å². The number of carbonyl (C=O) groups excluding carboxylic acids is 2. The zero-order valence-electron chi connectivity index (χ0n) is 17.4. The molecule has 0 aliphatic rings. The number of hydrogen-bond donors (Lipinski definition) is 1. The minimum absolute atomic E-state index is 0.0387. The second kappa shape index (κ2) is 8.57. The van der Waals surface area contributed by atoms with Gasteiger partial charge in [0.05, 0.1) is 6.54 Å². The lowest BCUT2D eigenvalue weighted by atomic mass is 10.1. The summed E-state index contributed by atoms with van der Waals surface area (Å²) in [5, 5.41) is 5.45. The molecule has 0 radical (unpaired) electrons. The molecular formula is C23H25N3O2S. The quantitative estimate of drug-likeness (QED) is 0.664. The number of anilines is 1. The van der Waals surface area contributed by atoms with Gasteiger partial charge in [0.25, 0.3) is 5.91 Å². The average molecular weight is 408 g/mol. The number of nitrogens with zero attached hydrogens (tertiary/aromatic N) is 2. The molecule has 0 aliphatic heterocycles. The predicted octanol–water partition coefficient (Wildman–Crippen LogP) is 4.75. The third-order valence-corrected chi connectivity index (χ3v) is 5.58. The Kier molecular flexibility index (Phi) is 6.13. The highest BCUT2D eigenvalue weighted by Crippen LogP contribution is 2.25. The van der Waals surface area contributed by atoms with E-state index in [-0.39, 0.29) is 18.4 Å². The van der Waals surface area contributed by atoms with Gasteiger partial charge in [-0.25, -0.2) is 4.98 Å². The Morgan fingerprint density at radius 1 is 1.00 bits per heavy atom. The van der Waals surface area contributed by atoms with Gasteiger partial charge in [-0.15, -0.1) is 11.3 Å². The summed E-state index contributed by atoms with van der Waals surface area (Å²) in [5.41, 5.74) is 6.47. The summed E-state index contributed by atoms with van der Waals surface area (Å²) < 4.78 is 0. The van der Waals surface area contributed by atoms with Gasteiger partial charge in [0, 0.05) is 23.7 Å². The third-order valence-electron chi connectivity index (χ3n) is 4.69. The molecule has 0 fully saturated rings. The Hall–Kier alpha value is -2.99. The van der Waals surface area contributed by atoms with Crippen molar-refractivity contribution < 1.29 is 9.59 Å². The molecular weight excluding hydrogens is 382 g/mol. The van der Waals surface area contributed by atoms with E-state index in [1.807, 2.05) is 64.1 Å². The Morgan fingerprint density at radius 3 is 2.24 bits per heavy atom. The molecule has 0 aliphatic carbocycles. The zero-order valence-corrected chi connectivity index (χ0v) is 18.2. The third kappa shape index (κ3) is 4.90. The van der Waals surface area contributed by atoms with Crippen LogP contribution in [0.2, 0.25) is 0 Å². The highest BCUT2D eigenvalue weighted by atomic mass is 32.1. The summed E-state index contributed by atoms with van der Waals surface area (Å²) in [7, 11) is 1.61. The number of nitrogens with one attached hydrogen (secondary N) is 1. The fraction of sp³-hybridized carbons (Fsp3) is 0.261. The maximum atomic E-state index is 12.7. The molecule has 0 saturated carbocycles. The number of aromatic nitrogens is 1. The minimum atomic E-state index is -0.271. The predicted molar refractivity (Wildman–Crippen MR) is 119 cm³/mol. The molecule has 2 amide bonds. The summed E-state index contributed by atoms with van der Waals surface area (Å²) in [5.74, 6) is -0.503. The van der Waals surface area contributed by atoms with Gasteiger partial charge in [-0.1, -0.05) is 47.5 Å². The molecule has 2 aromatic carbocycles. The number of rotatable bonds is 5. The smallest absolute Gasteiger partial charge is 0.273 e. The summed E-state index contributed by atoms with van der Waals surface area (Å²) in [6.45, 7) is 7.94. The van der Waals surface area contributed by atoms with Crippen LogP contribution in [0.5, 0.6) is 0 Å². The summed E-state index contributed by atoms with van der Waals surface area (Å²) in [6, 6.07) is 12.1. The Balaban J connectivity index is 1.66. The molecule has 3 aromatic rings. The Morgan fingerprint density at radius 2 is 1.62 bits per heavy atom. The summed E-state index contributed by atoms with van der Waals surface area (Å²) in [6.07, 6.45) is 0. The molecule has 1 N–H and O–H groups in total. The van der Waals surface area contributed by atoms with Crippen molar-refractivity contribution in [3.63, 3.8) is 0 Å². The first kappa shape index (κ1) is 20.7. The van der Waals surface area contributed by atoms with Crippen LogP contribution in [0.15, 0.2) is 41.8 Å². The second-order valence-corrected chi connectivity index (χ2v) is 8.25. The first-order chi connectivity index (χ1) is 13.7. The molecule has 0 atom stereocenters. The van der Waals surface area contributed by atoms with Crippen molar-refractivity contribution in [3.05, 3.63) is 69.7 Å². The van der Waals surface area contributed by atoms with Crippen molar-refractivity contribution in [2.45, 2.75) is 27.7 Å². The van der Waals surface area contributed by atoms with E-state index in [0.717, 1.165) is 32.9 Å². The van der Waals surface area contributed by atoms with Gasteiger partial charge in [-0.3, -0.25) is 9.59 Å². The van der Waals surface area contributed by atoms with Crippen molar-refractivity contribution in [2.75, 3.05) is 18.9 Å². The lowest BCUT2D eigenvalue weighted by Gasteiger charge is -2.17. The highest BCUT2D eigenvalue weighted by Gasteiger charge is 2.19. The van der Waals surface area contributed by atoms with E-state index >= 15 is 0 Å². The molecule has 0 unspecified atom stereocenters. The van der Waals surface area contributed by atoms with Crippen LogP contribution in [-0.2, 0) is 4.79 Å². The Labute approximate surface area is 175 Å². The van der Waals surface area contributed by atoms with Crippen molar-refractivity contribution >= 4 is 28.8 Å². The fourth-order valence-corrected chi connectivity index (χ4v) is 4.04. The van der Waals surface area contributed by atoms with Gasteiger partial charge < -0.3 is 10.2 Å². The van der Waals surface area contributed by atoms with Crippen molar-refractivity contribution in [1.82, 2.24) is 9.88 Å². The van der Waals surface area contributed by atoms with Crippen molar-refractivity contribution in [2.24, 2.45) is 0 Å². The average Bonchev–Trinajstić information content (AvgIpc) is 3.14. The van der Waals surface area contributed by atoms with Crippen LogP contribution in [0.3, 0.4) is 0 Å². The van der Waals surface area contributed by atoms with Gasteiger partial charge in [0.2, 0.25) is 5.91 Å². The topological polar surface area (TPSA) is 62.3 Å². The monoisotopic (exact) mass is 407 g/mol. The van der Waals surface area contributed by atoms with Crippen LogP contribution in [0, 0.1) is 27.7 Å². The number of thiazole rings is 1. The van der Waals surface area contributed by atoms with Gasteiger partial charge in [0.1, 0.15) is 10.7 Å². The molecule has 150 valence electrons. The van der Waals surface area contributed by atoms with Crippen molar-refractivity contribution in [3.8, 4) is 10.6 Å². The number of hydrogen-bond acceptors (Lipinski definition) is 4. The molecule has 0 bridgehead atoms. The first-order valence-corrected chi connectivity index (χ1v) is 10.3. The number of carbonyl (C=O) groups is 2. The molecule has 1 heterocycles. The van der Waals surface area contributed by atoms with Gasteiger partial charge >= 0.3 is 0 Å². The van der Waals surface area contributed by atoms with Crippen LogP contribution < -0.4 is 5.32 Å². The summed E-state index contributed by atoms with van der Waals surface area (Å²) in [4.78, 5) is 31.0. The minimum Gasteiger partial charge on any atom is -0.331 e. The molecule has 0 spiro atoms. The molecule has 29 heavy (non-hydrogen) atoms. The fourth-order valence-electron chi connectivity index (χ4n) is 3.24. The van der Waals surface area contributed by atoms with E-state index in [1.54, 1.807) is 12.4 Å². The second-order valence-electron chi connectivity index (χ2n) is 7.39. The lowest BCUT2D eigenvalue weighted by molar-refractivity contribution is -0.116. The van der Waals surface area contributed by atoms with Crippen LogP contribution in [-0.4, -0.2) is 35.3 Å². The van der Waals surface area contributed by atoms with Gasteiger partial charge in [0.15, 0.2) is 0 Å². The number of amides is 2. The maximum Gasteiger partial charge on any atom is 0.273 e. The molecule has 5 nitrogen and oxygen atoms in total. The summed E-state index contributed by atoms with van der Waals surface area (Å²) >= 11 is 1.42. The largest absolute Gasteiger partial charge is 0.331 e. The van der Waals surface area contributed by atoms with E-state index in [4.69, 9.17) is 0 Å². The lowest BCUT2D eigenvalue weighted by Crippen LogP contribution is -2.35. The molecule has 0 saturated heterocycles. The number of likely N-dealkylation sites (N-methyl/N-ethyl adjacent to an activating group) is 1. The standard InChI is InChI=1S/C23H25N3O2S/c1-14-6-8-18(9-7-14)22-24-19(13-29-22)23(28)26(5)12-20(27)25-21-16(3)10-15(2)11-17(21)4/h6-11,13H,12H2,1-5H3,(H,25,27). The van der Waals surface area contributed by atoms with E-state index in [2.05, 4.69) is 10.3 Å². The van der Waals surface area contributed by atoms with Crippen LogP contribution in [0.25, 0.3) is 10.6 Å². The molecule has 6 heteroatoms. The Bertz CT molecular complexity index is 1030. The SMILES string of the molecule is Cc1ccc(-c2nc(C(=O)N(C)CC(=O)Nc3c(C)cc(C)cc3C)cs2)cc1. The maximum absolute atomic E-state index is 12.7. The van der Waals surface area contributed by atoms with Gasteiger partial charge in [-0.2, -0.15) is 0 Å². The van der Waals surface area contributed by atoms with E-state index < -0.39 is 0 Å². The molecule has 1 aromatic heterocycles. The molecule has 3 rings (SSSR count). The van der Waals surface area contributed by atoms with Crippen molar-refractivity contribution in [1.29, 1.82) is 0 Å². The first-order valence-electron chi connectivity index (χ1n) is 9.40. The van der Waals surface area contributed by atoms with Crippen LogP contribution >= 0.6 is 11.3 Å². The number of benzene rings is 2. The zero-order chi connectivity index (χ0) is 21.1. The van der Waals surface area contributed by atoms with E-state index in [1.165, 1.54) is 21.8 Å². The normalized spacial score (nSPS) is 10.7. The number of aryl methyl sites for hydroxylation is 4.